The van der Waals surface area contributed by atoms with Gasteiger partial charge in [-0.15, -0.1) is 0 Å². The molecule has 0 fully saturated rings. The Morgan fingerprint density at radius 3 is 2.48 bits per heavy atom. The SMILES string of the molecule is CCCCCC(=O)N(C)Cc1cccc(-c2ccc(CCC(=O)O)cc2NCCC)c1. The van der Waals surface area contributed by atoms with Gasteiger partial charge in [-0.3, -0.25) is 9.59 Å². The standard InChI is InChI=1S/C26H36N2O3/c1-4-6-7-11-25(29)28(3)19-21-9-8-10-22(17-21)23-14-12-20(13-15-26(30)31)18-24(23)27-16-5-2/h8-10,12,14,17-18,27H,4-7,11,13,15-16,19H2,1-3H3,(H,30,31). The lowest BCUT2D eigenvalue weighted by atomic mass is 9.98. The number of nitrogens with zero attached hydrogens (tertiary/aromatic N) is 1. The molecule has 0 spiro atoms. The Labute approximate surface area is 186 Å². The lowest BCUT2D eigenvalue weighted by molar-refractivity contribution is -0.137. The molecule has 5 heteroatoms. The Bertz CT molecular complexity index is 863. The summed E-state index contributed by atoms with van der Waals surface area (Å²) in [4.78, 5) is 25.1. The third-order valence-corrected chi connectivity index (χ3v) is 5.35. The summed E-state index contributed by atoms with van der Waals surface area (Å²) in [6.07, 6.45) is 5.40. The molecule has 0 aliphatic rings. The Kier molecular flexibility index (Phi) is 10.1. The van der Waals surface area contributed by atoms with Gasteiger partial charge in [-0.05, 0) is 48.1 Å². The molecule has 1 amide bonds. The number of carbonyl (C=O) groups excluding carboxylic acids is 1. The molecule has 2 N–H and O–H groups in total. The van der Waals surface area contributed by atoms with Crippen molar-refractivity contribution in [3.05, 3.63) is 53.6 Å². The van der Waals surface area contributed by atoms with E-state index < -0.39 is 5.97 Å². The number of benzene rings is 2. The molecule has 2 rings (SSSR count). The van der Waals surface area contributed by atoms with Gasteiger partial charge < -0.3 is 15.3 Å². The van der Waals surface area contributed by atoms with Crippen molar-refractivity contribution in [1.82, 2.24) is 4.90 Å². The van der Waals surface area contributed by atoms with Gasteiger partial charge in [0, 0.05) is 44.2 Å². The molecule has 2 aromatic carbocycles. The molecular formula is C26H36N2O3. The summed E-state index contributed by atoms with van der Waals surface area (Å²) in [7, 11) is 1.87. The first kappa shape index (κ1) is 24.4. The minimum atomic E-state index is -0.784. The molecule has 0 aliphatic carbocycles. The molecule has 0 atom stereocenters. The van der Waals surface area contributed by atoms with Gasteiger partial charge in [-0.25, -0.2) is 0 Å². The summed E-state index contributed by atoms with van der Waals surface area (Å²) in [5, 5.41) is 12.5. The van der Waals surface area contributed by atoms with Crippen LogP contribution in [0.2, 0.25) is 0 Å². The largest absolute Gasteiger partial charge is 0.481 e. The fourth-order valence-corrected chi connectivity index (χ4v) is 3.57. The quantitative estimate of drug-likeness (QED) is 0.403. The van der Waals surface area contributed by atoms with Crippen LogP contribution in [0.4, 0.5) is 5.69 Å². The van der Waals surface area contributed by atoms with E-state index in [1.54, 1.807) is 4.90 Å². The average molecular weight is 425 g/mol. The number of aliphatic carboxylic acids is 1. The van der Waals surface area contributed by atoms with E-state index in [1.165, 1.54) is 0 Å². The summed E-state index contributed by atoms with van der Waals surface area (Å²) >= 11 is 0. The van der Waals surface area contributed by atoms with Crippen molar-refractivity contribution in [1.29, 1.82) is 0 Å². The molecule has 0 aromatic heterocycles. The maximum Gasteiger partial charge on any atom is 0.303 e. The second-order valence-electron chi connectivity index (χ2n) is 8.11. The van der Waals surface area contributed by atoms with Crippen molar-refractivity contribution in [3.63, 3.8) is 0 Å². The monoisotopic (exact) mass is 424 g/mol. The van der Waals surface area contributed by atoms with Crippen LogP contribution in [0.25, 0.3) is 11.1 Å². The van der Waals surface area contributed by atoms with Gasteiger partial charge in [0.15, 0.2) is 0 Å². The number of carbonyl (C=O) groups is 2. The molecule has 0 unspecified atom stereocenters. The fraction of sp³-hybridized carbons (Fsp3) is 0.462. The van der Waals surface area contributed by atoms with Crippen LogP contribution in [-0.2, 0) is 22.6 Å². The second kappa shape index (κ2) is 12.8. The van der Waals surface area contributed by atoms with E-state index in [2.05, 4.69) is 49.5 Å². The number of amides is 1. The van der Waals surface area contributed by atoms with Crippen LogP contribution >= 0.6 is 0 Å². The van der Waals surface area contributed by atoms with Crippen LogP contribution in [0.1, 0.15) is 63.5 Å². The van der Waals surface area contributed by atoms with Gasteiger partial charge in [-0.1, -0.05) is 57.0 Å². The Morgan fingerprint density at radius 2 is 1.77 bits per heavy atom. The maximum atomic E-state index is 12.4. The van der Waals surface area contributed by atoms with Crippen LogP contribution in [0, 0.1) is 0 Å². The average Bonchev–Trinajstić information content (AvgIpc) is 2.76. The van der Waals surface area contributed by atoms with Crippen LogP contribution in [0.3, 0.4) is 0 Å². The highest BCUT2D eigenvalue weighted by Crippen LogP contribution is 2.30. The topological polar surface area (TPSA) is 69.6 Å². The van der Waals surface area contributed by atoms with E-state index in [4.69, 9.17) is 5.11 Å². The zero-order valence-corrected chi connectivity index (χ0v) is 19.1. The predicted octanol–water partition coefficient (Wildman–Crippen LogP) is 5.73. The van der Waals surface area contributed by atoms with Crippen LogP contribution < -0.4 is 5.32 Å². The van der Waals surface area contributed by atoms with E-state index >= 15 is 0 Å². The first-order valence-electron chi connectivity index (χ1n) is 11.4. The lowest BCUT2D eigenvalue weighted by Crippen LogP contribution is -2.25. The van der Waals surface area contributed by atoms with Crippen molar-refractivity contribution in [2.75, 3.05) is 18.9 Å². The van der Waals surface area contributed by atoms with Crippen molar-refractivity contribution in [2.45, 2.75) is 65.3 Å². The molecule has 0 bridgehead atoms. The first-order chi connectivity index (χ1) is 14.9. The summed E-state index contributed by atoms with van der Waals surface area (Å²) in [6.45, 7) is 5.70. The second-order valence-corrected chi connectivity index (χ2v) is 8.11. The van der Waals surface area contributed by atoms with Gasteiger partial charge in [-0.2, -0.15) is 0 Å². The number of hydrogen-bond acceptors (Lipinski definition) is 3. The van der Waals surface area contributed by atoms with E-state index in [-0.39, 0.29) is 12.3 Å². The van der Waals surface area contributed by atoms with Crippen molar-refractivity contribution in [2.24, 2.45) is 0 Å². The van der Waals surface area contributed by atoms with Crippen LogP contribution in [-0.4, -0.2) is 35.5 Å². The predicted molar refractivity (Wildman–Crippen MR) is 127 cm³/mol. The summed E-state index contributed by atoms with van der Waals surface area (Å²) in [6, 6.07) is 14.4. The third kappa shape index (κ3) is 8.08. The molecule has 2 aromatic rings. The third-order valence-electron chi connectivity index (χ3n) is 5.35. The summed E-state index contributed by atoms with van der Waals surface area (Å²) < 4.78 is 0. The molecule has 31 heavy (non-hydrogen) atoms. The molecule has 0 radical (unpaired) electrons. The molecule has 0 saturated carbocycles. The van der Waals surface area contributed by atoms with Crippen molar-refractivity contribution < 1.29 is 14.7 Å². The number of aryl methyl sites for hydroxylation is 1. The Hall–Kier alpha value is -2.82. The minimum absolute atomic E-state index is 0.126. The number of rotatable bonds is 13. The van der Waals surface area contributed by atoms with Gasteiger partial charge in [0.1, 0.15) is 0 Å². The molecule has 0 aliphatic heterocycles. The zero-order valence-electron chi connectivity index (χ0n) is 19.1. The molecule has 0 heterocycles. The first-order valence-corrected chi connectivity index (χ1v) is 11.4. The van der Waals surface area contributed by atoms with E-state index in [1.807, 2.05) is 19.2 Å². The number of hydrogen-bond donors (Lipinski definition) is 2. The van der Waals surface area contributed by atoms with Gasteiger partial charge in [0.2, 0.25) is 5.91 Å². The summed E-state index contributed by atoms with van der Waals surface area (Å²) in [5.74, 6) is -0.597. The van der Waals surface area contributed by atoms with Gasteiger partial charge in [0.25, 0.3) is 0 Å². The Morgan fingerprint density at radius 1 is 0.968 bits per heavy atom. The molecule has 0 saturated heterocycles. The van der Waals surface area contributed by atoms with Gasteiger partial charge >= 0.3 is 5.97 Å². The lowest BCUT2D eigenvalue weighted by Gasteiger charge is -2.19. The molecule has 168 valence electrons. The minimum Gasteiger partial charge on any atom is -0.481 e. The summed E-state index contributed by atoms with van der Waals surface area (Å²) in [5.41, 5.74) is 5.31. The Balaban J connectivity index is 2.19. The maximum absolute atomic E-state index is 12.4. The number of carboxylic acid groups (broad SMARTS) is 1. The van der Waals surface area contributed by atoms with Crippen LogP contribution in [0.5, 0.6) is 0 Å². The highest BCUT2D eigenvalue weighted by Gasteiger charge is 2.11. The number of nitrogens with one attached hydrogen (secondary N) is 1. The van der Waals surface area contributed by atoms with E-state index in [9.17, 15) is 9.59 Å². The number of anilines is 1. The smallest absolute Gasteiger partial charge is 0.303 e. The highest BCUT2D eigenvalue weighted by molar-refractivity contribution is 5.79. The fourth-order valence-electron chi connectivity index (χ4n) is 3.57. The van der Waals surface area contributed by atoms with Crippen molar-refractivity contribution >= 4 is 17.6 Å². The molecular weight excluding hydrogens is 388 g/mol. The number of unbranched alkanes of at least 4 members (excludes halogenated alkanes) is 2. The highest BCUT2D eigenvalue weighted by atomic mass is 16.4. The molecule has 5 nitrogen and oxygen atoms in total. The van der Waals surface area contributed by atoms with Crippen molar-refractivity contribution in [3.8, 4) is 11.1 Å². The van der Waals surface area contributed by atoms with Crippen LogP contribution in [0.15, 0.2) is 42.5 Å². The van der Waals surface area contributed by atoms with E-state index in [0.29, 0.717) is 19.4 Å². The normalized spacial score (nSPS) is 10.7. The van der Waals surface area contributed by atoms with E-state index in [0.717, 1.165) is 60.2 Å². The zero-order chi connectivity index (χ0) is 22.6. The number of carboxylic acids is 1. The van der Waals surface area contributed by atoms with Gasteiger partial charge in [0.05, 0.1) is 0 Å².